The summed E-state index contributed by atoms with van der Waals surface area (Å²) in [6.45, 7) is 6.34. The Morgan fingerprint density at radius 2 is 2.00 bits per heavy atom. The Kier molecular flexibility index (Phi) is 5.72. The van der Waals surface area contributed by atoms with Gasteiger partial charge in [-0.3, -0.25) is 4.79 Å². The van der Waals surface area contributed by atoms with Gasteiger partial charge in [-0.15, -0.1) is 0 Å². The SMILES string of the molecule is CNC(=O)C(C)(C)CNC(C)c1ccc(F)cc1N(C)C. The molecule has 5 heteroatoms. The Labute approximate surface area is 126 Å². The quantitative estimate of drug-likeness (QED) is 0.846. The van der Waals surface area contributed by atoms with Gasteiger partial charge in [-0.1, -0.05) is 6.07 Å². The molecule has 1 atom stereocenters. The van der Waals surface area contributed by atoms with Gasteiger partial charge in [0.05, 0.1) is 5.41 Å². The molecule has 2 N–H and O–H groups in total. The van der Waals surface area contributed by atoms with Gasteiger partial charge in [0.2, 0.25) is 5.91 Å². The van der Waals surface area contributed by atoms with Crippen LogP contribution in [-0.4, -0.2) is 33.6 Å². The van der Waals surface area contributed by atoms with Crippen molar-refractivity contribution < 1.29 is 9.18 Å². The molecule has 1 rings (SSSR count). The molecular formula is C16H26FN3O. The molecule has 0 aliphatic rings. The van der Waals surface area contributed by atoms with E-state index in [1.807, 2.05) is 39.8 Å². The van der Waals surface area contributed by atoms with Crippen LogP contribution in [0.15, 0.2) is 18.2 Å². The van der Waals surface area contributed by atoms with Crippen LogP contribution >= 0.6 is 0 Å². The maximum absolute atomic E-state index is 13.4. The Hall–Kier alpha value is -1.62. The van der Waals surface area contributed by atoms with Crippen molar-refractivity contribution in [2.24, 2.45) is 5.41 Å². The van der Waals surface area contributed by atoms with Crippen molar-refractivity contribution in [3.8, 4) is 0 Å². The summed E-state index contributed by atoms with van der Waals surface area (Å²) in [6, 6.07) is 4.80. The van der Waals surface area contributed by atoms with E-state index in [4.69, 9.17) is 0 Å². The number of hydrogen-bond acceptors (Lipinski definition) is 3. The Morgan fingerprint density at radius 1 is 1.38 bits per heavy atom. The molecule has 0 aliphatic heterocycles. The number of anilines is 1. The molecule has 0 radical (unpaired) electrons. The summed E-state index contributed by atoms with van der Waals surface area (Å²) < 4.78 is 13.4. The molecule has 1 aromatic carbocycles. The first-order valence-corrected chi connectivity index (χ1v) is 7.11. The zero-order chi connectivity index (χ0) is 16.2. The van der Waals surface area contributed by atoms with E-state index in [0.29, 0.717) is 6.54 Å². The lowest BCUT2D eigenvalue weighted by atomic mass is 9.91. The van der Waals surface area contributed by atoms with E-state index < -0.39 is 5.41 Å². The average molecular weight is 295 g/mol. The molecule has 1 aromatic rings. The molecule has 0 aliphatic carbocycles. The van der Waals surface area contributed by atoms with Gasteiger partial charge >= 0.3 is 0 Å². The number of carbonyl (C=O) groups is 1. The van der Waals surface area contributed by atoms with Crippen LogP contribution in [0.4, 0.5) is 10.1 Å². The fourth-order valence-electron chi connectivity index (χ4n) is 2.21. The Morgan fingerprint density at radius 3 is 2.52 bits per heavy atom. The molecule has 118 valence electrons. The predicted octanol–water partition coefficient (Wildman–Crippen LogP) is 2.31. The number of carbonyl (C=O) groups excluding carboxylic acids is 1. The molecule has 4 nitrogen and oxygen atoms in total. The number of hydrogen-bond donors (Lipinski definition) is 2. The van der Waals surface area contributed by atoms with E-state index in [1.165, 1.54) is 12.1 Å². The topological polar surface area (TPSA) is 44.4 Å². The lowest BCUT2D eigenvalue weighted by Crippen LogP contribution is -2.42. The van der Waals surface area contributed by atoms with Crippen molar-refractivity contribution >= 4 is 11.6 Å². The van der Waals surface area contributed by atoms with E-state index in [2.05, 4.69) is 10.6 Å². The third kappa shape index (κ3) is 4.43. The fourth-order valence-corrected chi connectivity index (χ4v) is 2.21. The summed E-state index contributed by atoms with van der Waals surface area (Å²) in [4.78, 5) is 13.7. The molecule has 1 amide bonds. The van der Waals surface area contributed by atoms with Crippen LogP contribution in [0.25, 0.3) is 0 Å². The molecule has 0 saturated carbocycles. The van der Waals surface area contributed by atoms with Crippen molar-refractivity contribution in [1.82, 2.24) is 10.6 Å². The van der Waals surface area contributed by atoms with Gasteiger partial charge in [0, 0.05) is 39.4 Å². The first kappa shape index (κ1) is 17.4. The lowest BCUT2D eigenvalue weighted by molar-refractivity contribution is -0.128. The minimum atomic E-state index is -0.499. The van der Waals surface area contributed by atoms with E-state index in [9.17, 15) is 9.18 Å². The molecule has 0 saturated heterocycles. The van der Waals surface area contributed by atoms with Crippen LogP contribution in [0.2, 0.25) is 0 Å². The highest BCUT2D eigenvalue weighted by atomic mass is 19.1. The molecule has 0 heterocycles. The van der Waals surface area contributed by atoms with Gasteiger partial charge in [-0.05, 0) is 38.5 Å². The second-order valence-corrected chi connectivity index (χ2v) is 6.16. The van der Waals surface area contributed by atoms with Crippen molar-refractivity contribution in [2.75, 3.05) is 32.6 Å². The third-order valence-electron chi connectivity index (χ3n) is 3.63. The van der Waals surface area contributed by atoms with Crippen LogP contribution in [-0.2, 0) is 4.79 Å². The molecule has 0 aromatic heterocycles. The molecule has 0 fully saturated rings. The number of benzene rings is 1. The highest BCUT2D eigenvalue weighted by molar-refractivity contribution is 5.81. The number of rotatable bonds is 6. The standard InChI is InChI=1S/C16H26FN3O/c1-11(19-10-16(2,3)15(21)18-4)13-8-7-12(17)9-14(13)20(5)6/h7-9,11,19H,10H2,1-6H3,(H,18,21). The normalized spacial score (nSPS) is 12.9. The van der Waals surface area contributed by atoms with E-state index in [0.717, 1.165) is 11.3 Å². The maximum atomic E-state index is 13.4. The van der Waals surface area contributed by atoms with Crippen molar-refractivity contribution in [3.05, 3.63) is 29.6 Å². The molecule has 0 bridgehead atoms. The lowest BCUT2D eigenvalue weighted by Gasteiger charge is -2.27. The van der Waals surface area contributed by atoms with Crippen LogP contribution in [0.1, 0.15) is 32.4 Å². The monoisotopic (exact) mass is 295 g/mol. The van der Waals surface area contributed by atoms with Gasteiger partial charge in [0.1, 0.15) is 5.82 Å². The zero-order valence-electron chi connectivity index (χ0n) is 13.7. The van der Waals surface area contributed by atoms with Gasteiger partial charge < -0.3 is 15.5 Å². The van der Waals surface area contributed by atoms with Gasteiger partial charge in [0.25, 0.3) is 0 Å². The number of halogens is 1. The second-order valence-electron chi connectivity index (χ2n) is 6.16. The van der Waals surface area contributed by atoms with Gasteiger partial charge in [-0.25, -0.2) is 4.39 Å². The smallest absolute Gasteiger partial charge is 0.226 e. The van der Waals surface area contributed by atoms with Gasteiger partial charge in [-0.2, -0.15) is 0 Å². The number of amides is 1. The first-order chi connectivity index (χ1) is 9.69. The van der Waals surface area contributed by atoms with Crippen molar-refractivity contribution in [2.45, 2.75) is 26.8 Å². The highest BCUT2D eigenvalue weighted by Gasteiger charge is 2.27. The zero-order valence-corrected chi connectivity index (χ0v) is 13.7. The van der Waals surface area contributed by atoms with Crippen molar-refractivity contribution in [3.63, 3.8) is 0 Å². The minimum Gasteiger partial charge on any atom is -0.377 e. The summed E-state index contributed by atoms with van der Waals surface area (Å²) in [5, 5.41) is 6.03. The summed E-state index contributed by atoms with van der Waals surface area (Å²) in [5.41, 5.74) is 1.35. The largest absolute Gasteiger partial charge is 0.377 e. The van der Waals surface area contributed by atoms with E-state index in [-0.39, 0.29) is 17.8 Å². The summed E-state index contributed by atoms with van der Waals surface area (Å²) >= 11 is 0. The number of nitrogens with zero attached hydrogens (tertiary/aromatic N) is 1. The Balaban J connectivity index is 2.86. The van der Waals surface area contributed by atoms with E-state index in [1.54, 1.807) is 13.1 Å². The van der Waals surface area contributed by atoms with E-state index >= 15 is 0 Å². The van der Waals surface area contributed by atoms with Crippen molar-refractivity contribution in [1.29, 1.82) is 0 Å². The van der Waals surface area contributed by atoms with Crippen LogP contribution in [0.3, 0.4) is 0 Å². The predicted molar refractivity (Wildman–Crippen MR) is 85.0 cm³/mol. The Bertz CT molecular complexity index is 500. The van der Waals surface area contributed by atoms with Crippen LogP contribution < -0.4 is 15.5 Å². The maximum Gasteiger partial charge on any atom is 0.226 e. The molecular weight excluding hydrogens is 269 g/mol. The second kappa shape index (κ2) is 6.89. The average Bonchev–Trinajstić information content (AvgIpc) is 2.43. The van der Waals surface area contributed by atoms with Crippen LogP contribution in [0.5, 0.6) is 0 Å². The van der Waals surface area contributed by atoms with Crippen LogP contribution in [0, 0.1) is 11.2 Å². The molecule has 0 spiro atoms. The highest BCUT2D eigenvalue weighted by Crippen LogP contribution is 2.27. The summed E-state index contributed by atoms with van der Waals surface area (Å²) in [6.07, 6.45) is 0. The summed E-state index contributed by atoms with van der Waals surface area (Å²) in [7, 11) is 5.41. The minimum absolute atomic E-state index is 0.00543. The van der Waals surface area contributed by atoms with Gasteiger partial charge in [0.15, 0.2) is 0 Å². The molecule has 21 heavy (non-hydrogen) atoms. The fraction of sp³-hybridized carbons (Fsp3) is 0.562. The first-order valence-electron chi connectivity index (χ1n) is 7.11. The molecule has 1 unspecified atom stereocenters. The number of nitrogens with one attached hydrogen (secondary N) is 2. The third-order valence-corrected chi connectivity index (χ3v) is 3.63. The summed E-state index contributed by atoms with van der Waals surface area (Å²) in [5.74, 6) is -0.255.